The van der Waals surface area contributed by atoms with Gasteiger partial charge in [-0.05, 0) is 23.1 Å². The first-order valence-corrected chi connectivity index (χ1v) is 6.14. The van der Waals surface area contributed by atoms with Crippen molar-refractivity contribution in [1.29, 1.82) is 0 Å². The lowest BCUT2D eigenvalue weighted by Gasteiger charge is -2.01. The first kappa shape index (κ1) is 11.3. The molecule has 2 aromatic heterocycles. The third-order valence-corrected chi connectivity index (χ3v) is 3.41. The van der Waals surface area contributed by atoms with Crippen LogP contribution >= 0.6 is 22.9 Å². The van der Waals surface area contributed by atoms with Gasteiger partial charge in [0.2, 0.25) is 0 Å². The summed E-state index contributed by atoms with van der Waals surface area (Å²) in [4.78, 5) is 16.7. The standard InChI is InChI=1S/C12H10ClNOS/c13-12-8-14-4-3-9(12)6-10(15)7-11-2-1-5-16-11/h1-5,8H,6-7H2. The van der Waals surface area contributed by atoms with E-state index in [0.29, 0.717) is 17.9 Å². The molecule has 0 atom stereocenters. The molecule has 0 N–H and O–H groups in total. The quantitative estimate of drug-likeness (QED) is 0.836. The zero-order valence-electron chi connectivity index (χ0n) is 8.52. The van der Waals surface area contributed by atoms with Gasteiger partial charge >= 0.3 is 0 Å². The van der Waals surface area contributed by atoms with Gasteiger partial charge in [0.25, 0.3) is 0 Å². The predicted octanol–water partition coefficient (Wildman–Crippen LogP) is 3.15. The molecular formula is C12H10ClNOS. The number of carbonyl (C=O) groups is 1. The number of thiophene rings is 1. The van der Waals surface area contributed by atoms with Crippen molar-refractivity contribution in [2.75, 3.05) is 0 Å². The van der Waals surface area contributed by atoms with Crippen LogP contribution in [0.15, 0.2) is 36.0 Å². The lowest BCUT2D eigenvalue weighted by atomic mass is 10.1. The molecule has 0 saturated carbocycles. The molecule has 0 aliphatic rings. The molecule has 2 heterocycles. The maximum Gasteiger partial charge on any atom is 0.142 e. The Morgan fingerprint density at radius 2 is 2.25 bits per heavy atom. The Kier molecular flexibility index (Phi) is 3.70. The monoisotopic (exact) mass is 251 g/mol. The Morgan fingerprint density at radius 1 is 1.38 bits per heavy atom. The average Bonchev–Trinajstić information content (AvgIpc) is 2.74. The van der Waals surface area contributed by atoms with Gasteiger partial charge in [-0.15, -0.1) is 11.3 Å². The predicted molar refractivity (Wildman–Crippen MR) is 66.0 cm³/mol. The van der Waals surface area contributed by atoms with Crippen molar-refractivity contribution in [3.05, 3.63) is 51.4 Å². The third kappa shape index (κ3) is 2.90. The van der Waals surface area contributed by atoms with Crippen LogP contribution in [-0.2, 0) is 17.6 Å². The van der Waals surface area contributed by atoms with Gasteiger partial charge in [-0.3, -0.25) is 9.78 Å². The van der Waals surface area contributed by atoms with Gasteiger partial charge in [-0.1, -0.05) is 17.7 Å². The number of rotatable bonds is 4. The highest BCUT2D eigenvalue weighted by atomic mass is 35.5. The minimum Gasteiger partial charge on any atom is -0.299 e. The van der Waals surface area contributed by atoms with Crippen molar-refractivity contribution in [1.82, 2.24) is 4.98 Å². The molecule has 2 rings (SSSR count). The maximum atomic E-state index is 11.8. The van der Waals surface area contributed by atoms with Crippen LogP contribution < -0.4 is 0 Å². The number of ketones is 1. The van der Waals surface area contributed by atoms with Crippen LogP contribution in [0.4, 0.5) is 0 Å². The molecule has 0 spiro atoms. The fourth-order valence-electron chi connectivity index (χ4n) is 1.43. The zero-order valence-corrected chi connectivity index (χ0v) is 10.1. The number of aromatic nitrogens is 1. The number of carbonyl (C=O) groups excluding carboxylic acids is 1. The first-order chi connectivity index (χ1) is 7.75. The summed E-state index contributed by atoms with van der Waals surface area (Å²) >= 11 is 7.54. The maximum absolute atomic E-state index is 11.8. The highest BCUT2D eigenvalue weighted by Gasteiger charge is 2.08. The summed E-state index contributed by atoms with van der Waals surface area (Å²) in [5.41, 5.74) is 0.846. The summed E-state index contributed by atoms with van der Waals surface area (Å²) in [6, 6.07) is 5.71. The molecule has 0 fully saturated rings. The second kappa shape index (κ2) is 5.23. The van der Waals surface area contributed by atoms with Crippen LogP contribution in [0.3, 0.4) is 0 Å². The van der Waals surface area contributed by atoms with Gasteiger partial charge in [-0.25, -0.2) is 0 Å². The molecule has 82 valence electrons. The molecule has 2 aromatic rings. The molecule has 4 heteroatoms. The Bertz CT molecular complexity index is 482. The molecule has 0 amide bonds. The normalized spacial score (nSPS) is 10.3. The van der Waals surface area contributed by atoms with E-state index in [4.69, 9.17) is 11.6 Å². The summed E-state index contributed by atoms with van der Waals surface area (Å²) in [6.45, 7) is 0. The third-order valence-electron chi connectivity index (χ3n) is 2.20. The fourth-order valence-corrected chi connectivity index (χ4v) is 2.35. The number of hydrogen-bond acceptors (Lipinski definition) is 3. The second-order valence-electron chi connectivity index (χ2n) is 3.44. The topological polar surface area (TPSA) is 30.0 Å². The minimum absolute atomic E-state index is 0.176. The molecule has 0 saturated heterocycles. The van der Waals surface area contributed by atoms with E-state index < -0.39 is 0 Å². The van der Waals surface area contributed by atoms with Gasteiger partial charge in [0.15, 0.2) is 0 Å². The van der Waals surface area contributed by atoms with Crippen molar-refractivity contribution < 1.29 is 4.79 Å². The van der Waals surface area contributed by atoms with Crippen LogP contribution in [0.2, 0.25) is 5.02 Å². The largest absolute Gasteiger partial charge is 0.299 e. The van der Waals surface area contributed by atoms with E-state index in [1.165, 1.54) is 0 Å². The van der Waals surface area contributed by atoms with E-state index >= 15 is 0 Å². The summed E-state index contributed by atoms with van der Waals surface area (Å²) in [6.07, 6.45) is 4.07. The lowest BCUT2D eigenvalue weighted by Crippen LogP contribution is -2.06. The number of hydrogen-bond donors (Lipinski definition) is 0. The van der Waals surface area contributed by atoms with Crippen molar-refractivity contribution in [3.63, 3.8) is 0 Å². The lowest BCUT2D eigenvalue weighted by molar-refractivity contribution is -0.117. The molecule has 0 radical (unpaired) electrons. The molecule has 0 unspecified atom stereocenters. The van der Waals surface area contributed by atoms with Gasteiger partial charge < -0.3 is 0 Å². The number of nitrogens with zero attached hydrogens (tertiary/aromatic N) is 1. The van der Waals surface area contributed by atoms with E-state index in [1.807, 2.05) is 17.5 Å². The van der Waals surface area contributed by atoms with Crippen molar-refractivity contribution in [3.8, 4) is 0 Å². The molecule has 16 heavy (non-hydrogen) atoms. The summed E-state index contributed by atoms with van der Waals surface area (Å²) in [7, 11) is 0. The highest BCUT2D eigenvalue weighted by molar-refractivity contribution is 7.10. The fraction of sp³-hybridized carbons (Fsp3) is 0.167. The van der Waals surface area contributed by atoms with Crippen LogP contribution in [-0.4, -0.2) is 10.8 Å². The minimum atomic E-state index is 0.176. The van der Waals surface area contributed by atoms with Crippen LogP contribution in [0.5, 0.6) is 0 Å². The first-order valence-electron chi connectivity index (χ1n) is 4.88. The Hall–Kier alpha value is -1.19. The SMILES string of the molecule is O=C(Cc1cccs1)Cc1ccncc1Cl. The number of Topliss-reactive ketones (excluding diaryl/α,β-unsaturated/α-hetero) is 1. The van der Waals surface area contributed by atoms with E-state index in [-0.39, 0.29) is 5.78 Å². The van der Waals surface area contributed by atoms with Crippen LogP contribution in [0.1, 0.15) is 10.4 Å². The van der Waals surface area contributed by atoms with E-state index in [1.54, 1.807) is 29.8 Å². The Balaban J connectivity index is 2.00. The van der Waals surface area contributed by atoms with Gasteiger partial charge in [-0.2, -0.15) is 0 Å². The van der Waals surface area contributed by atoms with Crippen molar-refractivity contribution >= 4 is 28.7 Å². The molecule has 0 aromatic carbocycles. The van der Waals surface area contributed by atoms with E-state index in [0.717, 1.165) is 10.4 Å². The smallest absolute Gasteiger partial charge is 0.142 e. The molecule has 0 bridgehead atoms. The number of pyridine rings is 1. The number of halogens is 1. The van der Waals surface area contributed by atoms with E-state index in [9.17, 15) is 4.79 Å². The summed E-state index contributed by atoms with van der Waals surface area (Å²) in [5.74, 6) is 0.176. The van der Waals surface area contributed by atoms with Gasteiger partial charge in [0, 0.05) is 30.1 Å². The molecular weight excluding hydrogens is 242 g/mol. The summed E-state index contributed by atoms with van der Waals surface area (Å²) in [5, 5.41) is 2.53. The van der Waals surface area contributed by atoms with Gasteiger partial charge in [0.05, 0.1) is 5.02 Å². The summed E-state index contributed by atoms with van der Waals surface area (Å²) < 4.78 is 0. The molecule has 0 aliphatic carbocycles. The highest BCUT2D eigenvalue weighted by Crippen LogP contribution is 2.16. The zero-order chi connectivity index (χ0) is 11.4. The molecule has 2 nitrogen and oxygen atoms in total. The Morgan fingerprint density at radius 3 is 2.94 bits per heavy atom. The van der Waals surface area contributed by atoms with Crippen molar-refractivity contribution in [2.24, 2.45) is 0 Å². The van der Waals surface area contributed by atoms with Crippen LogP contribution in [0.25, 0.3) is 0 Å². The Labute approximate surface area is 103 Å². The van der Waals surface area contributed by atoms with Crippen molar-refractivity contribution in [2.45, 2.75) is 12.8 Å². The average molecular weight is 252 g/mol. The molecule has 0 aliphatic heterocycles. The van der Waals surface area contributed by atoms with Gasteiger partial charge in [0.1, 0.15) is 5.78 Å². The second-order valence-corrected chi connectivity index (χ2v) is 4.88. The van der Waals surface area contributed by atoms with E-state index in [2.05, 4.69) is 4.98 Å². The van der Waals surface area contributed by atoms with Crippen LogP contribution in [0, 0.1) is 0 Å².